The Morgan fingerprint density at radius 2 is 1.90 bits per heavy atom. The maximum absolute atomic E-state index is 5.88. The zero-order chi connectivity index (χ0) is 20.4. The summed E-state index contributed by atoms with van der Waals surface area (Å²) in [5.41, 5.74) is 2.24. The molecule has 1 fully saturated rings. The summed E-state index contributed by atoms with van der Waals surface area (Å²) in [6.07, 6.45) is 0. The maximum Gasteiger partial charge on any atom is 0.191 e. The van der Waals surface area contributed by atoms with Crippen LogP contribution in [0.25, 0.3) is 0 Å². The van der Waals surface area contributed by atoms with Crippen molar-refractivity contribution < 1.29 is 9.47 Å². The normalized spacial score (nSPS) is 16.8. The van der Waals surface area contributed by atoms with Crippen molar-refractivity contribution >= 4 is 29.9 Å². The minimum atomic E-state index is -0.131. The first kappa shape index (κ1) is 26.1. The molecule has 2 N–H and O–H groups in total. The van der Waals surface area contributed by atoms with Crippen molar-refractivity contribution in [1.82, 2.24) is 15.5 Å². The molecule has 1 heterocycles. The molecule has 1 aliphatic heterocycles. The van der Waals surface area contributed by atoms with Gasteiger partial charge in [0.2, 0.25) is 0 Å². The van der Waals surface area contributed by atoms with Gasteiger partial charge in [-0.1, -0.05) is 24.3 Å². The van der Waals surface area contributed by atoms with Crippen LogP contribution in [0.2, 0.25) is 0 Å². The second-order valence-electron chi connectivity index (χ2n) is 8.29. The Morgan fingerprint density at radius 1 is 1.21 bits per heavy atom. The summed E-state index contributed by atoms with van der Waals surface area (Å²) in [4.78, 5) is 7.22. The molecule has 29 heavy (non-hydrogen) atoms. The van der Waals surface area contributed by atoms with Gasteiger partial charge in [-0.15, -0.1) is 24.0 Å². The van der Waals surface area contributed by atoms with Gasteiger partial charge in [-0.05, 0) is 45.7 Å². The summed E-state index contributed by atoms with van der Waals surface area (Å²) < 4.78 is 11.3. The first-order valence-electron chi connectivity index (χ1n) is 10.4. The summed E-state index contributed by atoms with van der Waals surface area (Å²) in [7, 11) is 0. The van der Waals surface area contributed by atoms with Gasteiger partial charge in [-0.2, -0.15) is 0 Å². The predicted molar refractivity (Wildman–Crippen MR) is 131 cm³/mol. The Bertz CT molecular complexity index is 613. The van der Waals surface area contributed by atoms with E-state index in [0.717, 1.165) is 45.4 Å². The lowest BCUT2D eigenvalue weighted by molar-refractivity contribution is -0.0149. The summed E-state index contributed by atoms with van der Waals surface area (Å²) in [5.74, 6) is 0.860. The van der Waals surface area contributed by atoms with Gasteiger partial charge in [-0.25, -0.2) is 4.99 Å². The Labute approximate surface area is 193 Å². The smallest absolute Gasteiger partial charge is 0.191 e. The van der Waals surface area contributed by atoms with Crippen LogP contribution in [0.15, 0.2) is 29.3 Å². The van der Waals surface area contributed by atoms with E-state index in [4.69, 9.17) is 14.5 Å². The molecule has 0 spiro atoms. The molecule has 1 atom stereocenters. The SMILES string of the molecule is CCNC(=NCc1cccc(COC(C)(C)C)c1)NCC(C)N1CCOCC1.I. The van der Waals surface area contributed by atoms with E-state index in [0.29, 0.717) is 19.2 Å². The number of nitrogens with one attached hydrogen (secondary N) is 2. The fraction of sp³-hybridized carbons (Fsp3) is 0.682. The first-order valence-corrected chi connectivity index (χ1v) is 10.4. The van der Waals surface area contributed by atoms with E-state index in [1.54, 1.807) is 0 Å². The Kier molecular flexibility index (Phi) is 12.1. The maximum atomic E-state index is 5.88. The molecule has 1 aromatic carbocycles. The topological polar surface area (TPSA) is 58.1 Å². The molecule has 0 aliphatic carbocycles. The Morgan fingerprint density at radius 3 is 2.55 bits per heavy atom. The molecular weight excluding hydrogens is 479 g/mol. The van der Waals surface area contributed by atoms with Gasteiger partial charge in [0.25, 0.3) is 0 Å². The first-order chi connectivity index (χ1) is 13.4. The lowest BCUT2D eigenvalue weighted by Gasteiger charge is -2.32. The highest BCUT2D eigenvalue weighted by molar-refractivity contribution is 14.0. The average Bonchev–Trinajstić information content (AvgIpc) is 2.69. The van der Waals surface area contributed by atoms with Gasteiger partial charge in [0, 0.05) is 32.2 Å². The van der Waals surface area contributed by atoms with Crippen LogP contribution in [-0.2, 0) is 22.6 Å². The van der Waals surface area contributed by atoms with Crippen molar-refractivity contribution in [1.29, 1.82) is 0 Å². The second-order valence-corrected chi connectivity index (χ2v) is 8.29. The molecule has 166 valence electrons. The molecule has 0 amide bonds. The number of rotatable bonds is 8. The van der Waals surface area contributed by atoms with E-state index in [1.807, 2.05) is 0 Å². The number of nitrogens with zero attached hydrogens (tertiary/aromatic N) is 2. The van der Waals surface area contributed by atoms with Gasteiger partial charge in [0.15, 0.2) is 5.96 Å². The average molecular weight is 518 g/mol. The lowest BCUT2D eigenvalue weighted by Crippen LogP contribution is -2.49. The summed E-state index contributed by atoms with van der Waals surface area (Å²) in [6.45, 7) is 17.2. The van der Waals surface area contributed by atoms with Gasteiger partial charge >= 0.3 is 0 Å². The quantitative estimate of drug-likeness (QED) is 0.314. The molecule has 0 aromatic heterocycles. The molecule has 1 unspecified atom stereocenters. The third kappa shape index (κ3) is 10.6. The highest BCUT2D eigenvalue weighted by Crippen LogP contribution is 2.13. The summed E-state index contributed by atoms with van der Waals surface area (Å²) in [6, 6.07) is 8.92. The highest BCUT2D eigenvalue weighted by atomic mass is 127. The Balaban J connectivity index is 0.00000420. The number of aliphatic imine (C=N–C) groups is 1. The number of benzene rings is 1. The zero-order valence-corrected chi connectivity index (χ0v) is 21.0. The van der Waals surface area contributed by atoms with Crippen LogP contribution < -0.4 is 10.6 Å². The highest BCUT2D eigenvalue weighted by Gasteiger charge is 2.17. The number of ether oxygens (including phenoxy) is 2. The fourth-order valence-electron chi connectivity index (χ4n) is 3.02. The van der Waals surface area contributed by atoms with Gasteiger partial charge in [0.1, 0.15) is 0 Å². The minimum absolute atomic E-state index is 0. The van der Waals surface area contributed by atoms with Crippen LogP contribution in [0.5, 0.6) is 0 Å². The third-order valence-electron chi connectivity index (χ3n) is 4.66. The molecule has 1 saturated heterocycles. The van der Waals surface area contributed by atoms with Crippen molar-refractivity contribution in [3.8, 4) is 0 Å². The number of halogens is 1. The van der Waals surface area contributed by atoms with Gasteiger partial charge in [-0.3, -0.25) is 4.90 Å². The largest absolute Gasteiger partial charge is 0.379 e. The van der Waals surface area contributed by atoms with Crippen molar-refractivity contribution in [3.05, 3.63) is 35.4 Å². The molecule has 0 bridgehead atoms. The van der Waals surface area contributed by atoms with Crippen LogP contribution in [0.4, 0.5) is 0 Å². The number of morpholine rings is 1. The van der Waals surface area contributed by atoms with E-state index in [1.165, 1.54) is 11.1 Å². The van der Waals surface area contributed by atoms with Crippen LogP contribution in [-0.4, -0.2) is 61.9 Å². The second kappa shape index (κ2) is 13.4. The molecule has 1 aromatic rings. The summed E-state index contributed by atoms with van der Waals surface area (Å²) in [5, 5.41) is 6.82. The van der Waals surface area contributed by atoms with Crippen molar-refractivity contribution in [3.63, 3.8) is 0 Å². The van der Waals surface area contributed by atoms with Crippen LogP contribution in [0.3, 0.4) is 0 Å². The van der Waals surface area contributed by atoms with Crippen molar-refractivity contribution in [2.45, 2.75) is 59.4 Å². The van der Waals surface area contributed by atoms with Crippen LogP contribution in [0, 0.1) is 0 Å². The van der Waals surface area contributed by atoms with Crippen LogP contribution in [0.1, 0.15) is 45.7 Å². The summed E-state index contributed by atoms with van der Waals surface area (Å²) >= 11 is 0. The zero-order valence-electron chi connectivity index (χ0n) is 18.7. The molecule has 6 nitrogen and oxygen atoms in total. The number of hydrogen-bond acceptors (Lipinski definition) is 4. The minimum Gasteiger partial charge on any atom is -0.379 e. The lowest BCUT2D eigenvalue weighted by atomic mass is 10.1. The number of hydrogen-bond donors (Lipinski definition) is 2. The standard InChI is InChI=1S/C22H38N4O2.HI/c1-6-23-21(24-15-18(2)26-10-12-27-13-11-26)25-16-19-8-7-9-20(14-19)17-28-22(3,4)5;/h7-9,14,18H,6,10-13,15-17H2,1-5H3,(H2,23,24,25);1H. The van der Waals surface area contributed by atoms with E-state index >= 15 is 0 Å². The third-order valence-corrected chi connectivity index (χ3v) is 4.66. The van der Waals surface area contributed by atoms with Gasteiger partial charge < -0.3 is 20.1 Å². The number of guanidine groups is 1. The van der Waals surface area contributed by atoms with E-state index < -0.39 is 0 Å². The molecular formula is C22H39IN4O2. The fourth-order valence-corrected chi connectivity index (χ4v) is 3.02. The molecule has 0 saturated carbocycles. The molecule has 2 rings (SSSR count). The van der Waals surface area contributed by atoms with Crippen molar-refractivity contribution in [2.24, 2.45) is 4.99 Å². The van der Waals surface area contributed by atoms with E-state index in [2.05, 4.69) is 74.4 Å². The molecule has 0 radical (unpaired) electrons. The molecule has 1 aliphatic rings. The van der Waals surface area contributed by atoms with Gasteiger partial charge in [0.05, 0.1) is 32.0 Å². The van der Waals surface area contributed by atoms with E-state index in [-0.39, 0.29) is 29.6 Å². The predicted octanol–water partition coefficient (Wildman–Crippen LogP) is 3.40. The van der Waals surface area contributed by atoms with E-state index in [9.17, 15) is 0 Å². The Hall–Kier alpha value is -0.900. The molecule has 7 heteroatoms. The van der Waals surface area contributed by atoms with Crippen molar-refractivity contribution in [2.75, 3.05) is 39.4 Å². The monoisotopic (exact) mass is 518 g/mol. The van der Waals surface area contributed by atoms with Crippen LogP contribution >= 0.6 is 24.0 Å².